The molecule has 4 fully saturated rings. The van der Waals surface area contributed by atoms with Gasteiger partial charge in [-0.05, 0) is 0 Å². The zero-order valence-corrected chi connectivity index (χ0v) is 16.6. The molecule has 0 unspecified atom stereocenters. The zero-order chi connectivity index (χ0) is 16.6. The Kier molecular flexibility index (Phi) is 5.41. The highest BCUT2D eigenvalue weighted by molar-refractivity contribution is 6.85. The molecule has 4 saturated heterocycles. The van der Waals surface area contributed by atoms with Gasteiger partial charge in [0.15, 0.2) is 0 Å². The van der Waals surface area contributed by atoms with Crippen molar-refractivity contribution in [2.24, 2.45) is 0 Å². The van der Waals surface area contributed by atoms with Crippen LogP contribution in [0.1, 0.15) is 110 Å². The van der Waals surface area contributed by atoms with E-state index in [9.17, 15) is 0 Å². The van der Waals surface area contributed by atoms with E-state index in [0.717, 1.165) is 41.9 Å². The van der Waals surface area contributed by atoms with Crippen LogP contribution in [0.4, 0.5) is 0 Å². The molecule has 0 spiro atoms. The van der Waals surface area contributed by atoms with Crippen LogP contribution in [-0.4, -0.2) is 13.4 Å². The SMILES string of the molecule is CCCC(CC)(B1C2CCCC1CCC2)B1C2CCCC1CCC2. The Balaban J connectivity index is 1.71. The van der Waals surface area contributed by atoms with E-state index < -0.39 is 0 Å². The lowest BCUT2D eigenvalue weighted by Crippen LogP contribution is -2.56. The highest BCUT2D eigenvalue weighted by Crippen LogP contribution is 2.65. The van der Waals surface area contributed by atoms with E-state index in [1.807, 2.05) is 0 Å². The summed E-state index contributed by atoms with van der Waals surface area (Å²) in [5.74, 6) is 4.41. The van der Waals surface area contributed by atoms with Crippen molar-refractivity contribution in [2.45, 2.75) is 139 Å². The lowest BCUT2D eigenvalue weighted by molar-refractivity contribution is 0.392. The molecular formula is C22H40B2. The van der Waals surface area contributed by atoms with E-state index in [0.29, 0.717) is 0 Å². The average molecular weight is 326 g/mol. The van der Waals surface area contributed by atoms with E-state index in [1.54, 1.807) is 83.5 Å². The molecule has 0 aromatic rings. The first-order valence-corrected chi connectivity index (χ1v) is 11.8. The maximum absolute atomic E-state index is 2.60. The second kappa shape index (κ2) is 7.40. The predicted molar refractivity (Wildman–Crippen MR) is 110 cm³/mol. The van der Waals surface area contributed by atoms with E-state index >= 15 is 0 Å². The monoisotopic (exact) mass is 326 g/mol. The minimum Gasteiger partial charge on any atom is -0.0702 e. The molecule has 0 aromatic carbocycles. The summed E-state index contributed by atoms with van der Waals surface area (Å²) in [6, 6.07) is 0. The van der Waals surface area contributed by atoms with E-state index in [4.69, 9.17) is 0 Å². The standard InChI is InChI=1S/C22H40B2/c1-3-17-22(4-2,23-18-9-5-10-19(23)12-6-11-18)24-20-13-7-14-21(24)16-8-15-20/h18-21H,3-17H2,1-2H3. The van der Waals surface area contributed by atoms with Crippen LogP contribution in [0.15, 0.2) is 0 Å². The molecule has 4 bridgehead atoms. The summed E-state index contributed by atoms with van der Waals surface area (Å²) < 4.78 is 0. The third kappa shape index (κ3) is 2.83. The van der Waals surface area contributed by atoms with Crippen molar-refractivity contribution in [3.63, 3.8) is 0 Å². The fourth-order valence-electron chi connectivity index (χ4n) is 8.90. The fourth-order valence-corrected chi connectivity index (χ4v) is 8.90. The molecule has 4 aliphatic heterocycles. The van der Waals surface area contributed by atoms with Gasteiger partial charge in [0.1, 0.15) is 13.4 Å². The molecule has 0 nitrogen and oxygen atoms in total. The van der Waals surface area contributed by atoms with Crippen LogP contribution in [0.2, 0.25) is 28.5 Å². The van der Waals surface area contributed by atoms with Crippen molar-refractivity contribution in [3.05, 3.63) is 0 Å². The highest BCUT2D eigenvalue weighted by atomic mass is 14.4. The Morgan fingerprint density at radius 3 is 1.21 bits per heavy atom. The summed E-state index contributed by atoms with van der Waals surface area (Å²) in [5, 5.41) is 0.723. The lowest BCUT2D eigenvalue weighted by Gasteiger charge is -2.59. The molecule has 0 aromatic heterocycles. The summed E-state index contributed by atoms with van der Waals surface area (Å²) in [5.41, 5.74) is 0. The first kappa shape index (κ1) is 17.5. The molecule has 4 aliphatic rings. The van der Waals surface area contributed by atoms with Crippen LogP contribution in [0.3, 0.4) is 0 Å². The normalized spacial score (nSPS) is 38.8. The molecule has 0 atom stereocenters. The smallest absolute Gasteiger partial charge is 0.0702 e. The second-order valence-electron chi connectivity index (χ2n) is 10.2. The third-order valence-electron chi connectivity index (χ3n) is 9.33. The van der Waals surface area contributed by atoms with E-state index in [-0.39, 0.29) is 0 Å². The van der Waals surface area contributed by atoms with E-state index in [2.05, 4.69) is 13.8 Å². The largest absolute Gasteiger partial charge is 0.145 e. The van der Waals surface area contributed by atoms with Gasteiger partial charge in [-0.1, -0.05) is 139 Å². The molecule has 4 rings (SSSR count). The van der Waals surface area contributed by atoms with Gasteiger partial charge in [0, 0.05) is 0 Å². The van der Waals surface area contributed by atoms with Gasteiger partial charge in [-0.2, -0.15) is 0 Å². The third-order valence-corrected chi connectivity index (χ3v) is 9.33. The van der Waals surface area contributed by atoms with Crippen molar-refractivity contribution in [1.82, 2.24) is 0 Å². The molecular weight excluding hydrogens is 286 g/mol. The van der Waals surface area contributed by atoms with Crippen molar-refractivity contribution < 1.29 is 0 Å². The number of hydrogen-bond acceptors (Lipinski definition) is 0. The van der Waals surface area contributed by atoms with Gasteiger partial charge in [-0.25, -0.2) is 0 Å². The number of fused-ring (bicyclic) bond motifs is 4. The molecule has 24 heavy (non-hydrogen) atoms. The highest BCUT2D eigenvalue weighted by Gasteiger charge is 2.59. The van der Waals surface area contributed by atoms with Gasteiger partial charge in [-0.15, -0.1) is 0 Å². The summed E-state index contributed by atoms with van der Waals surface area (Å²) in [4.78, 5) is 0. The Morgan fingerprint density at radius 1 is 0.625 bits per heavy atom. The van der Waals surface area contributed by atoms with Crippen LogP contribution < -0.4 is 0 Å². The maximum atomic E-state index is 2.60. The van der Waals surface area contributed by atoms with Gasteiger partial charge in [0.05, 0.1) is 0 Å². The molecule has 0 radical (unpaired) electrons. The van der Waals surface area contributed by atoms with Crippen LogP contribution in [0.25, 0.3) is 0 Å². The summed E-state index contributed by atoms with van der Waals surface area (Å²) >= 11 is 0. The molecule has 2 heteroatoms. The Hall–Kier alpha value is 0.130. The maximum Gasteiger partial charge on any atom is 0.145 e. The van der Waals surface area contributed by atoms with E-state index in [1.165, 1.54) is 12.8 Å². The molecule has 0 N–H and O–H groups in total. The Labute approximate surface area is 152 Å². The van der Waals surface area contributed by atoms with Crippen LogP contribution in [-0.2, 0) is 0 Å². The number of rotatable bonds is 5. The zero-order valence-electron chi connectivity index (χ0n) is 16.6. The quantitative estimate of drug-likeness (QED) is 0.454. The minimum atomic E-state index is 0.723. The molecule has 0 aliphatic carbocycles. The van der Waals surface area contributed by atoms with Gasteiger partial charge in [0.25, 0.3) is 0 Å². The Bertz CT molecular complexity index is 344. The summed E-state index contributed by atoms with van der Waals surface area (Å²) in [7, 11) is 0. The topological polar surface area (TPSA) is 0 Å². The van der Waals surface area contributed by atoms with Crippen LogP contribution in [0.5, 0.6) is 0 Å². The molecule has 0 saturated carbocycles. The van der Waals surface area contributed by atoms with Crippen molar-refractivity contribution in [3.8, 4) is 0 Å². The first-order valence-electron chi connectivity index (χ1n) is 11.8. The van der Waals surface area contributed by atoms with Gasteiger partial charge in [0.2, 0.25) is 0 Å². The predicted octanol–water partition coefficient (Wildman–Crippen LogP) is 7.68. The van der Waals surface area contributed by atoms with Crippen molar-refractivity contribution >= 4 is 13.4 Å². The van der Waals surface area contributed by atoms with Gasteiger partial charge >= 0.3 is 0 Å². The summed E-state index contributed by atoms with van der Waals surface area (Å²) in [6.45, 7) is 7.30. The van der Waals surface area contributed by atoms with Crippen molar-refractivity contribution in [1.29, 1.82) is 0 Å². The van der Waals surface area contributed by atoms with Crippen molar-refractivity contribution in [2.75, 3.05) is 0 Å². The van der Waals surface area contributed by atoms with Gasteiger partial charge in [-0.3, -0.25) is 0 Å². The van der Waals surface area contributed by atoms with Gasteiger partial charge < -0.3 is 0 Å². The van der Waals surface area contributed by atoms with Crippen LogP contribution >= 0.6 is 0 Å². The molecule has 0 amide bonds. The molecule has 134 valence electrons. The Morgan fingerprint density at radius 2 is 0.958 bits per heavy atom. The number of hydrogen-bond donors (Lipinski definition) is 0. The first-order chi connectivity index (χ1) is 11.8. The summed E-state index contributed by atoms with van der Waals surface area (Å²) in [6.07, 6.45) is 23.3. The second-order valence-corrected chi connectivity index (χ2v) is 10.2. The lowest BCUT2D eigenvalue weighted by atomic mass is 9.00. The molecule has 4 heterocycles. The average Bonchev–Trinajstić information content (AvgIpc) is 2.58. The minimum absolute atomic E-state index is 0.723. The fraction of sp³-hybridized carbons (Fsp3) is 1.00. The van der Waals surface area contributed by atoms with Crippen LogP contribution in [0, 0.1) is 0 Å².